The predicted molar refractivity (Wildman–Crippen MR) is 120 cm³/mol. The van der Waals surface area contributed by atoms with Crippen molar-refractivity contribution >= 4 is 11.6 Å². The SMILES string of the molecule is COc1ccc(NC(=O)c2ccccc2-c2ncc(-c3ccc(C)cc3)o2)cc1OC(F)F. The average Bonchev–Trinajstić information content (AvgIpc) is 3.29. The summed E-state index contributed by atoms with van der Waals surface area (Å²) in [7, 11) is 1.34. The van der Waals surface area contributed by atoms with Gasteiger partial charge in [-0.25, -0.2) is 4.98 Å². The molecule has 0 spiro atoms. The number of nitrogens with zero attached hydrogens (tertiary/aromatic N) is 1. The highest BCUT2D eigenvalue weighted by molar-refractivity contribution is 6.08. The molecule has 0 fully saturated rings. The van der Waals surface area contributed by atoms with Crippen LogP contribution in [0.3, 0.4) is 0 Å². The summed E-state index contributed by atoms with van der Waals surface area (Å²) in [5.41, 5.74) is 3.05. The van der Waals surface area contributed by atoms with Crippen molar-refractivity contribution < 1.29 is 27.5 Å². The van der Waals surface area contributed by atoms with Gasteiger partial charge in [-0.15, -0.1) is 0 Å². The zero-order chi connectivity index (χ0) is 23.4. The van der Waals surface area contributed by atoms with Crippen molar-refractivity contribution in [2.45, 2.75) is 13.5 Å². The van der Waals surface area contributed by atoms with E-state index < -0.39 is 12.5 Å². The number of methoxy groups -OCH3 is 1. The van der Waals surface area contributed by atoms with E-state index in [9.17, 15) is 13.6 Å². The normalized spacial score (nSPS) is 10.8. The van der Waals surface area contributed by atoms with Crippen LogP contribution in [-0.2, 0) is 0 Å². The molecule has 0 bridgehead atoms. The van der Waals surface area contributed by atoms with Gasteiger partial charge >= 0.3 is 6.61 Å². The standard InChI is InChI=1S/C25H20F2N2O4/c1-15-7-9-16(10-8-15)22-14-28-24(32-22)19-6-4-3-5-18(19)23(30)29-17-11-12-20(31-2)21(13-17)33-25(26)27/h3-14,25H,1-2H3,(H,29,30). The summed E-state index contributed by atoms with van der Waals surface area (Å²) in [6, 6.07) is 18.9. The second kappa shape index (κ2) is 9.52. The Morgan fingerprint density at radius 2 is 1.79 bits per heavy atom. The molecule has 0 saturated heterocycles. The molecule has 0 aliphatic carbocycles. The number of nitrogens with one attached hydrogen (secondary N) is 1. The Morgan fingerprint density at radius 1 is 1.03 bits per heavy atom. The molecule has 0 radical (unpaired) electrons. The van der Waals surface area contributed by atoms with Gasteiger partial charge in [-0.2, -0.15) is 8.78 Å². The first-order chi connectivity index (χ1) is 15.9. The van der Waals surface area contributed by atoms with Gasteiger partial charge in [-0.3, -0.25) is 4.79 Å². The number of halogens is 2. The number of aryl methyl sites for hydroxylation is 1. The first-order valence-electron chi connectivity index (χ1n) is 10.0. The number of ether oxygens (including phenoxy) is 2. The highest BCUT2D eigenvalue weighted by Gasteiger charge is 2.18. The first kappa shape index (κ1) is 22.0. The lowest BCUT2D eigenvalue weighted by atomic mass is 10.1. The Bertz CT molecular complexity index is 1270. The Morgan fingerprint density at radius 3 is 2.52 bits per heavy atom. The summed E-state index contributed by atoms with van der Waals surface area (Å²) in [4.78, 5) is 17.3. The van der Waals surface area contributed by atoms with E-state index in [1.54, 1.807) is 30.5 Å². The molecule has 4 aromatic rings. The van der Waals surface area contributed by atoms with Crippen LogP contribution in [0.4, 0.5) is 14.5 Å². The lowest BCUT2D eigenvalue weighted by molar-refractivity contribution is -0.0511. The van der Waals surface area contributed by atoms with E-state index in [-0.39, 0.29) is 23.1 Å². The Balaban J connectivity index is 1.60. The molecule has 0 unspecified atom stereocenters. The highest BCUT2D eigenvalue weighted by atomic mass is 19.3. The monoisotopic (exact) mass is 450 g/mol. The van der Waals surface area contributed by atoms with E-state index in [1.807, 2.05) is 31.2 Å². The zero-order valence-corrected chi connectivity index (χ0v) is 17.8. The van der Waals surface area contributed by atoms with Crippen molar-refractivity contribution in [3.05, 3.63) is 84.1 Å². The number of carbonyl (C=O) groups is 1. The molecule has 3 aromatic carbocycles. The molecule has 1 amide bonds. The van der Waals surface area contributed by atoms with Crippen LogP contribution in [0, 0.1) is 6.92 Å². The van der Waals surface area contributed by atoms with Gasteiger partial charge in [0.15, 0.2) is 17.3 Å². The number of hydrogen-bond acceptors (Lipinski definition) is 5. The molecular formula is C25H20F2N2O4. The second-order valence-corrected chi connectivity index (χ2v) is 7.14. The van der Waals surface area contributed by atoms with Gasteiger partial charge in [0.05, 0.1) is 18.9 Å². The molecule has 6 nitrogen and oxygen atoms in total. The van der Waals surface area contributed by atoms with Crippen LogP contribution in [-0.4, -0.2) is 24.6 Å². The molecule has 168 valence electrons. The van der Waals surface area contributed by atoms with Crippen molar-refractivity contribution in [3.63, 3.8) is 0 Å². The van der Waals surface area contributed by atoms with Crippen LogP contribution >= 0.6 is 0 Å². The molecule has 1 heterocycles. The van der Waals surface area contributed by atoms with Crippen molar-refractivity contribution in [1.82, 2.24) is 4.98 Å². The minimum atomic E-state index is -3.03. The molecule has 0 atom stereocenters. The third-order valence-corrected chi connectivity index (χ3v) is 4.88. The molecule has 0 aliphatic heterocycles. The molecule has 0 aliphatic rings. The average molecular weight is 450 g/mol. The van der Waals surface area contributed by atoms with Gasteiger partial charge in [0.2, 0.25) is 5.89 Å². The number of amides is 1. The van der Waals surface area contributed by atoms with Gasteiger partial charge in [-0.1, -0.05) is 42.0 Å². The van der Waals surface area contributed by atoms with Crippen LogP contribution < -0.4 is 14.8 Å². The maximum Gasteiger partial charge on any atom is 0.387 e. The molecular weight excluding hydrogens is 430 g/mol. The highest BCUT2D eigenvalue weighted by Crippen LogP contribution is 2.33. The fourth-order valence-electron chi connectivity index (χ4n) is 3.26. The van der Waals surface area contributed by atoms with Crippen LogP contribution in [0.15, 0.2) is 77.3 Å². The van der Waals surface area contributed by atoms with Crippen LogP contribution in [0.1, 0.15) is 15.9 Å². The molecule has 1 N–H and O–H groups in total. The van der Waals surface area contributed by atoms with Gasteiger partial charge in [-0.05, 0) is 31.2 Å². The van der Waals surface area contributed by atoms with Gasteiger partial charge < -0.3 is 19.2 Å². The second-order valence-electron chi connectivity index (χ2n) is 7.14. The minimum absolute atomic E-state index is 0.122. The van der Waals surface area contributed by atoms with Crippen molar-refractivity contribution in [2.24, 2.45) is 0 Å². The largest absolute Gasteiger partial charge is 0.493 e. The third kappa shape index (κ3) is 5.01. The number of carbonyl (C=O) groups excluding carboxylic acids is 1. The smallest absolute Gasteiger partial charge is 0.387 e. The number of anilines is 1. The number of hydrogen-bond donors (Lipinski definition) is 1. The maximum atomic E-state index is 13.0. The number of rotatable bonds is 7. The van der Waals surface area contributed by atoms with E-state index in [0.29, 0.717) is 16.9 Å². The lowest BCUT2D eigenvalue weighted by Gasteiger charge is -2.13. The van der Waals surface area contributed by atoms with E-state index >= 15 is 0 Å². The van der Waals surface area contributed by atoms with Crippen LogP contribution in [0.2, 0.25) is 0 Å². The summed E-state index contributed by atoms with van der Waals surface area (Å²) >= 11 is 0. The fourth-order valence-corrected chi connectivity index (χ4v) is 3.26. The summed E-state index contributed by atoms with van der Waals surface area (Å²) in [6.07, 6.45) is 1.60. The van der Waals surface area contributed by atoms with Gasteiger partial charge in [0, 0.05) is 22.9 Å². The summed E-state index contributed by atoms with van der Waals surface area (Å²) < 4.78 is 40.8. The summed E-state index contributed by atoms with van der Waals surface area (Å²) in [5.74, 6) is 0.330. The first-order valence-corrected chi connectivity index (χ1v) is 10.0. The lowest BCUT2D eigenvalue weighted by Crippen LogP contribution is -2.13. The molecule has 4 rings (SSSR count). The molecule has 8 heteroatoms. The molecule has 0 saturated carbocycles. The fraction of sp³-hybridized carbons (Fsp3) is 0.120. The third-order valence-electron chi connectivity index (χ3n) is 4.88. The number of benzene rings is 3. The number of alkyl halides is 2. The summed E-state index contributed by atoms with van der Waals surface area (Å²) in [6.45, 7) is -1.03. The molecule has 1 aromatic heterocycles. The quantitative estimate of drug-likeness (QED) is 0.364. The Hall–Kier alpha value is -4.20. The minimum Gasteiger partial charge on any atom is -0.493 e. The van der Waals surface area contributed by atoms with E-state index in [0.717, 1.165) is 11.1 Å². The Labute approximate surface area is 188 Å². The van der Waals surface area contributed by atoms with Crippen molar-refractivity contribution in [1.29, 1.82) is 0 Å². The van der Waals surface area contributed by atoms with E-state index in [2.05, 4.69) is 15.0 Å². The van der Waals surface area contributed by atoms with Crippen molar-refractivity contribution in [2.75, 3.05) is 12.4 Å². The summed E-state index contributed by atoms with van der Waals surface area (Å²) in [5, 5.41) is 2.69. The van der Waals surface area contributed by atoms with Crippen molar-refractivity contribution in [3.8, 4) is 34.3 Å². The van der Waals surface area contributed by atoms with Crippen LogP contribution in [0.5, 0.6) is 11.5 Å². The van der Waals surface area contributed by atoms with Gasteiger partial charge in [0.1, 0.15) is 0 Å². The zero-order valence-electron chi connectivity index (χ0n) is 17.8. The van der Waals surface area contributed by atoms with E-state index in [4.69, 9.17) is 9.15 Å². The van der Waals surface area contributed by atoms with E-state index in [1.165, 1.54) is 25.3 Å². The van der Waals surface area contributed by atoms with Gasteiger partial charge in [0.25, 0.3) is 5.91 Å². The topological polar surface area (TPSA) is 73.6 Å². The number of aromatic nitrogens is 1. The van der Waals surface area contributed by atoms with Crippen LogP contribution in [0.25, 0.3) is 22.8 Å². The predicted octanol–water partition coefficient (Wildman–Crippen LogP) is 6.18. The molecule has 33 heavy (non-hydrogen) atoms. The number of oxazole rings is 1. The Kier molecular flexibility index (Phi) is 6.35. The maximum absolute atomic E-state index is 13.0.